The van der Waals surface area contributed by atoms with Crippen LogP contribution < -0.4 is 15.4 Å². The van der Waals surface area contributed by atoms with Crippen molar-refractivity contribution in [2.75, 3.05) is 20.2 Å². The van der Waals surface area contributed by atoms with Crippen LogP contribution in [0.3, 0.4) is 0 Å². The Hall–Kier alpha value is -2.89. The maximum atomic E-state index is 13.0. The summed E-state index contributed by atoms with van der Waals surface area (Å²) in [5.74, 6) is -0.426. The van der Waals surface area contributed by atoms with Gasteiger partial charge in [0.15, 0.2) is 0 Å². The lowest BCUT2D eigenvalue weighted by atomic mass is 10.2. The first-order chi connectivity index (χ1) is 11.1. The average molecular weight is 316 g/mol. The number of benzene rings is 2. The second kappa shape index (κ2) is 7.93. The normalized spacial score (nSPS) is 10.0. The van der Waals surface area contributed by atoms with E-state index in [-0.39, 0.29) is 30.5 Å². The van der Waals surface area contributed by atoms with E-state index in [4.69, 9.17) is 4.74 Å². The van der Waals surface area contributed by atoms with E-state index in [1.54, 1.807) is 31.4 Å². The first kappa shape index (κ1) is 16.5. The Bertz CT molecular complexity index is 686. The van der Waals surface area contributed by atoms with Gasteiger partial charge in [-0.3, -0.25) is 9.59 Å². The molecule has 0 atom stereocenters. The molecule has 2 amide bonds. The zero-order valence-electron chi connectivity index (χ0n) is 12.6. The third-order valence-corrected chi connectivity index (χ3v) is 3.14. The van der Waals surface area contributed by atoms with Gasteiger partial charge in [0.2, 0.25) is 0 Å². The van der Waals surface area contributed by atoms with E-state index in [1.807, 2.05) is 0 Å². The van der Waals surface area contributed by atoms with Gasteiger partial charge in [0, 0.05) is 24.2 Å². The van der Waals surface area contributed by atoms with E-state index in [0.29, 0.717) is 11.3 Å². The van der Waals surface area contributed by atoms with Gasteiger partial charge in [-0.2, -0.15) is 0 Å². The van der Waals surface area contributed by atoms with Crippen molar-refractivity contribution in [2.24, 2.45) is 0 Å². The van der Waals surface area contributed by atoms with Gasteiger partial charge < -0.3 is 15.4 Å². The fourth-order valence-corrected chi connectivity index (χ4v) is 1.93. The third-order valence-electron chi connectivity index (χ3n) is 3.14. The molecule has 0 saturated heterocycles. The second-order valence-electron chi connectivity index (χ2n) is 4.75. The highest BCUT2D eigenvalue weighted by molar-refractivity contribution is 5.95. The predicted octanol–water partition coefficient (Wildman–Crippen LogP) is 1.99. The van der Waals surface area contributed by atoms with Crippen LogP contribution >= 0.6 is 0 Å². The van der Waals surface area contributed by atoms with Crippen molar-refractivity contribution in [1.29, 1.82) is 0 Å². The number of ether oxygens (including phenoxy) is 1. The highest BCUT2D eigenvalue weighted by Crippen LogP contribution is 2.10. The number of halogens is 1. The van der Waals surface area contributed by atoms with Crippen LogP contribution in [-0.4, -0.2) is 32.0 Å². The van der Waals surface area contributed by atoms with Gasteiger partial charge in [0.1, 0.15) is 11.6 Å². The quantitative estimate of drug-likeness (QED) is 0.801. The summed E-state index contributed by atoms with van der Waals surface area (Å²) >= 11 is 0. The molecule has 0 bridgehead atoms. The van der Waals surface area contributed by atoms with Crippen molar-refractivity contribution in [2.45, 2.75) is 0 Å². The SMILES string of the molecule is COc1ccc(C(=O)NCCNC(=O)c2cccc(F)c2)cc1. The summed E-state index contributed by atoms with van der Waals surface area (Å²) in [6, 6.07) is 12.1. The first-order valence-electron chi connectivity index (χ1n) is 7.06. The Morgan fingerprint density at radius 1 is 0.957 bits per heavy atom. The fraction of sp³-hybridized carbons (Fsp3) is 0.176. The number of methoxy groups -OCH3 is 1. The zero-order valence-corrected chi connectivity index (χ0v) is 12.6. The largest absolute Gasteiger partial charge is 0.497 e. The number of hydrogen-bond acceptors (Lipinski definition) is 3. The smallest absolute Gasteiger partial charge is 0.251 e. The van der Waals surface area contributed by atoms with Crippen molar-refractivity contribution in [1.82, 2.24) is 10.6 Å². The molecule has 0 spiro atoms. The Morgan fingerprint density at radius 3 is 2.13 bits per heavy atom. The number of carbonyl (C=O) groups is 2. The molecule has 2 aromatic rings. The molecule has 0 aliphatic rings. The Kier molecular flexibility index (Phi) is 5.68. The molecule has 2 aromatic carbocycles. The molecule has 0 radical (unpaired) electrons. The minimum absolute atomic E-state index is 0.242. The van der Waals surface area contributed by atoms with Crippen LogP contribution in [0.1, 0.15) is 20.7 Å². The first-order valence-corrected chi connectivity index (χ1v) is 7.06. The lowest BCUT2D eigenvalue weighted by Crippen LogP contribution is -2.34. The van der Waals surface area contributed by atoms with Crippen molar-refractivity contribution < 1.29 is 18.7 Å². The molecule has 5 nitrogen and oxygen atoms in total. The molecule has 6 heteroatoms. The summed E-state index contributed by atoms with van der Waals surface area (Å²) in [5, 5.41) is 5.30. The summed E-state index contributed by atoms with van der Waals surface area (Å²) in [6.45, 7) is 0.517. The van der Waals surface area contributed by atoms with E-state index in [9.17, 15) is 14.0 Å². The summed E-state index contributed by atoms with van der Waals surface area (Å²) in [4.78, 5) is 23.7. The second-order valence-corrected chi connectivity index (χ2v) is 4.75. The third kappa shape index (κ3) is 4.81. The van der Waals surface area contributed by atoms with E-state index >= 15 is 0 Å². The maximum absolute atomic E-state index is 13.0. The van der Waals surface area contributed by atoms with Crippen molar-refractivity contribution in [3.63, 3.8) is 0 Å². The Labute approximate surface area is 133 Å². The molecule has 23 heavy (non-hydrogen) atoms. The van der Waals surface area contributed by atoms with Gasteiger partial charge in [0.05, 0.1) is 7.11 Å². The van der Waals surface area contributed by atoms with Gasteiger partial charge >= 0.3 is 0 Å². The number of rotatable bonds is 6. The van der Waals surface area contributed by atoms with Gasteiger partial charge in [-0.05, 0) is 42.5 Å². The Morgan fingerprint density at radius 2 is 1.57 bits per heavy atom. The minimum Gasteiger partial charge on any atom is -0.497 e. The van der Waals surface area contributed by atoms with Crippen LogP contribution in [-0.2, 0) is 0 Å². The minimum atomic E-state index is -0.467. The van der Waals surface area contributed by atoms with E-state index < -0.39 is 5.82 Å². The molecule has 2 rings (SSSR count). The number of carbonyl (C=O) groups excluding carboxylic acids is 2. The molecule has 0 aromatic heterocycles. The molecule has 0 aliphatic carbocycles. The van der Waals surface area contributed by atoms with Crippen LogP contribution in [0.25, 0.3) is 0 Å². The summed E-state index contributed by atoms with van der Waals surface area (Å²) in [5.41, 5.74) is 0.744. The molecular formula is C17H17FN2O3. The number of hydrogen-bond donors (Lipinski definition) is 2. The lowest BCUT2D eigenvalue weighted by molar-refractivity contribution is 0.0927. The van der Waals surface area contributed by atoms with E-state index in [2.05, 4.69) is 10.6 Å². The Balaban J connectivity index is 1.76. The monoisotopic (exact) mass is 316 g/mol. The van der Waals surface area contributed by atoms with Gasteiger partial charge in [-0.1, -0.05) is 6.07 Å². The summed E-state index contributed by atoms with van der Waals surface area (Å²) in [7, 11) is 1.55. The highest BCUT2D eigenvalue weighted by Gasteiger charge is 2.07. The lowest BCUT2D eigenvalue weighted by Gasteiger charge is -2.08. The van der Waals surface area contributed by atoms with E-state index in [1.165, 1.54) is 18.2 Å². The van der Waals surface area contributed by atoms with Crippen LogP contribution in [0.15, 0.2) is 48.5 Å². The van der Waals surface area contributed by atoms with Gasteiger partial charge in [-0.25, -0.2) is 4.39 Å². The molecule has 0 heterocycles. The molecule has 120 valence electrons. The maximum Gasteiger partial charge on any atom is 0.251 e. The van der Waals surface area contributed by atoms with Crippen LogP contribution in [0.2, 0.25) is 0 Å². The van der Waals surface area contributed by atoms with E-state index in [0.717, 1.165) is 6.07 Å². The van der Waals surface area contributed by atoms with Crippen molar-refractivity contribution in [3.05, 3.63) is 65.5 Å². The topological polar surface area (TPSA) is 67.4 Å². The van der Waals surface area contributed by atoms with Crippen molar-refractivity contribution >= 4 is 11.8 Å². The van der Waals surface area contributed by atoms with Crippen LogP contribution in [0, 0.1) is 5.82 Å². The highest BCUT2D eigenvalue weighted by atomic mass is 19.1. The molecule has 0 fully saturated rings. The predicted molar refractivity (Wildman–Crippen MR) is 84.1 cm³/mol. The van der Waals surface area contributed by atoms with Gasteiger partial charge in [0.25, 0.3) is 11.8 Å². The standard InChI is InChI=1S/C17H17FN2O3/c1-23-15-7-5-12(6-8-15)16(21)19-9-10-20-17(22)13-3-2-4-14(18)11-13/h2-8,11H,9-10H2,1H3,(H,19,21)(H,20,22). The molecule has 0 saturated carbocycles. The number of amides is 2. The molecule has 0 unspecified atom stereocenters. The number of nitrogens with one attached hydrogen (secondary N) is 2. The fourth-order valence-electron chi connectivity index (χ4n) is 1.93. The average Bonchev–Trinajstić information content (AvgIpc) is 2.58. The van der Waals surface area contributed by atoms with Crippen LogP contribution in [0.5, 0.6) is 5.75 Å². The zero-order chi connectivity index (χ0) is 16.7. The summed E-state index contributed by atoms with van der Waals surface area (Å²) in [6.07, 6.45) is 0. The molecule has 2 N–H and O–H groups in total. The summed E-state index contributed by atoms with van der Waals surface area (Å²) < 4.78 is 18.0. The van der Waals surface area contributed by atoms with Gasteiger partial charge in [-0.15, -0.1) is 0 Å². The van der Waals surface area contributed by atoms with Crippen LogP contribution in [0.4, 0.5) is 4.39 Å². The molecule has 0 aliphatic heterocycles. The van der Waals surface area contributed by atoms with Crippen molar-refractivity contribution in [3.8, 4) is 5.75 Å². The molecular weight excluding hydrogens is 299 g/mol.